The Morgan fingerprint density at radius 1 is 0.566 bits per heavy atom. The van der Waals surface area contributed by atoms with Crippen LogP contribution in [0.2, 0.25) is 0 Å². The molecule has 0 amide bonds. The molecule has 0 aliphatic carbocycles. The number of rotatable bonds is 39. The van der Waals surface area contributed by atoms with Crippen LogP contribution in [0.3, 0.4) is 0 Å². The lowest BCUT2D eigenvalue weighted by atomic mass is 10.1. The van der Waals surface area contributed by atoms with E-state index in [0.717, 1.165) is 70.6 Å². The molecule has 1 unspecified atom stereocenters. The number of quaternary nitrogens is 1. The third-order valence-corrected chi connectivity index (χ3v) is 10.2. The minimum atomic E-state index is -4.62. The summed E-state index contributed by atoms with van der Waals surface area (Å²) in [6.07, 6.45) is 37.7. The summed E-state index contributed by atoms with van der Waals surface area (Å²) in [6.45, 7) is 4.19. The van der Waals surface area contributed by atoms with Crippen molar-refractivity contribution < 1.29 is 42.1 Å². The number of hydrogen-bond acceptors (Lipinski definition) is 8. The number of unbranched alkanes of at least 4 members (excludes halogenated alkanes) is 21. The number of ether oxygens (including phenoxy) is 2. The van der Waals surface area contributed by atoms with E-state index in [4.69, 9.17) is 18.5 Å². The molecule has 0 rings (SSSR count). The predicted octanol–water partition coefficient (Wildman–Crippen LogP) is 11.3. The van der Waals surface area contributed by atoms with Gasteiger partial charge >= 0.3 is 11.9 Å². The predicted molar refractivity (Wildman–Crippen MR) is 218 cm³/mol. The molecule has 0 aliphatic rings. The molecule has 0 bridgehead atoms. The fraction of sp³-hybridized carbons (Fsp3) is 0.860. The Kier molecular flexibility index (Phi) is 35.1. The average molecular weight is 772 g/mol. The first kappa shape index (κ1) is 51.5. The van der Waals surface area contributed by atoms with Gasteiger partial charge in [-0.2, -0.15) is 0 Å². The summed E-state index contributed by atoms with van der Waals surface area (Å²) in [5.74, 6) is -0.852. The summed E-state index contributed by atoms with van der Waals surface area (Å²) in [5.41, 5.74) is 0. The quantitative estimate of drug-likeness (QED) is 0.0200. The van der Waals surface area contributed by atoms with E-state index < -0.39 is 32.5 Å². The first-order chi connectivity index (χ1) is 25.5. The summed E-state index contributed by atoms with van der Waals surface area (Å²) >= 11 is 0. The molecule has 0 saturated heterocycles. The van der Waals surface area contributed by atoms with Gasteiger partial charge in [0.15, 0.2) is 6.10 Å². The van der Waals surface area contributed by atoms with E-state index >= 15 is 0 Å². The molecule has 10 heteroatoms. The molecule has 0 aromatic rings. The molecule has 0 saturated carbocycles. The lowest BCUT2D eigenvalue weighted by molar-refractivity contribution is -0.870. The molecule has 312 valence electrons. The van der Waals surface area contributed by atoms with Crippen molar-refractivity contribution in [1.82, 2.24) is 0 Å². The van der Waals surface area contributed by atoms with Gasteiger partial charge in [0.2, 0.25) is 0 Å². The minimum absolute atomic E-state index is 0.0327. The molecule has 0 heterocycles. The van der Waals surface area contributed by atoms with Crippen molar-refractivity contribution >= 4 is 19.8 Å². The van der Waals surface area contributed by atoms with Gasteiger partial charge in [0.1, 0.15) is 19.8 Å². The maximum Gasteiger partial charge on any atom is 0.306 e. The van der Waals surface area contributed by atoms with Crippen LogP contribution < -0.4 is 4.89 Å². The highest BCUT2D eigenvalue weighted by atomic mass is 31.2. The number of allylic oxidation sites excluding steroid dienone is 4. The van der Waals surface area contributed by atoms with E-state index in [0.29, 0.717) is 17.4 Å². The van der Waals surface area contributed by atoms with Gasteiger partial charge in [-0.15, -0.1) is 0 Å². The van der Waals surface area contributed by atoms with E-state index in [2.05, 4.69) is 38.2 Å². The Balaban J connectivity index is 4.39. The number of carbonyl (C=O) groups is 2. The number of esters is 2. The van der Waals surface area contributed by atoms with Crippen LogP contribution in [0.15, 0.2) is 24.3 Å². The van der Waals surface area contributed by atoms with Gasteiger partial charge in [-0.1, -0.05) is 134 Å². The molecule has 9 nitrogen and oxygen atoms in total. The van der Waals surface area contributed by atoms with E-state index in [-0.39, 0.29) is 26.1 Å². The molecule has 0 aromatic heterocycles. The van der Waals surface area contributed by atoms with Crippen LogP contribution in [0, 0.1) is 0 Å². The number of nitrogens with zero attached hydrogens (tertiary/aromatic N) is 1. The highest BCUT2D eigenvalue weighted by molar-refractivity contribution is 7.45. The minimum Gasteiger partial charge on any atom is -0.756 e. The Bertz CT molecular complexity index is 964. The summed E-state index contributed by atoms with van der Waals surface area (Å²) in [6, 6.07) is 0. The number of carbonyl (C=O) groups excluding carboxylic acids is 2. The lowest BCUT2D eigenvalue weighted by Crippen LogP contribution is -2.37. The zero-order valence-corrected chi connectivity index (χ0v) is 35.9. The third-order valence-electron chi connectivity index (χ3n) is 9.19. The Hall–Kier alpha value is -1.51. The second kappa shape index (κ2) is 36.1. The second-order valence-electron chi connectivity index (χ2n) is 15.7. The van der Waals surface area contributed by atoms with Crippen LogP contribution in [-0.4, -0.2) is 70.0 Å². The fourth-order valence-corrected chi connectivity index (χ4v) is 6.49. The van der Waals surface area contributed by atoms with Crippen molar-refractivity contribution in [2.45, 2.75) is 193 Å². The Morgan fingerprint density at radius 3 is 1.42 bits per heavy atom. The molecule has 0 N–H and O–H groups in total. The van der Waals surface area contributed by atoms with Crippen LogP contribution >= 0.6 is 7.82 Å². The van der Waals surface area contributed by atoms with Crippen molar-refractivity contribution in [2.75, 3.05) is 47.5 Å². The summed E-state index contributed by atoms with van der Waals surface area (Å²) in [5, 5.41) is 0. The maximum absolute atomic E-state index is 12.6. The zero-order valence-electron chi connectivity index (χ0n) is 35.0. The van der Waals surface area contributed by atoms with Gasteiger partial charge in [-0.05, 0) is 64.2 Å². The van der Waals surface area contributed by atoms with Crippen LogP contribution in [0.25, 0.3) is 0 Å². The van der Waals surface area contributed by atoms with Gasteiger partial charge in [-0.3, -0.25) is 14.2 Å². The zero-order chi connectivity index (χ0) is 39.3. The number of phosphoric ester groups is 1. The monoisotopic (exact) mass is 772 g/mol. The number of hydrogen-bond donors (Lipinski definition) is 0. The molecule has 2 atom stereocenters. The van der Waals surface area contributed by atoms with Crippen molar-refractivity contribution in [2.24, 2.45) is 0 Å². The largest absolute Gasteiger partial charge is 0.756 e. The highest BCUT2D eigenvalue weighted by Gasteiger charge is 2.21. The number of phosphoric acid groups is 1. The van der Waals surface area contributed by atoms with Crippen molar-refractivity contribution in [1.29, 1.82) is 0 Å². The van der Waals surface area contributed by atoms with Crippen LogP contribution in [0.4, 0.5) is 0 Å². The lowest BCUT2D eigenvalue weighted by Gasteiger charge is -2.28. The number of likely N-dealkylation sites (N-methyl/N-ethyl adjacent to an activating group) is 1. The Labute approximate surface area is 326 Å². The molecule has 0 aromatic carbocycles. The SMILES string of the molecule is CCCCCC/C=C\CCCCCCCC(=O)OC[C@H](COP(=O)([O-])OCC[N+](C)(C)C)OC(=O)CCCCCCC/C=C\CCCCCCCCC. The van der Waals surface area contributed by atoms with Gasteiger partial charge in [0, 0.05) is 12.8 Å². The summed E-state index contributed by atoms with van der Waals surface area (Å²) in [4.78, 5) is 37.5. The van der Waals surface area contributed by atoms with Crippen molar-refractivity contribution in [3.8, 4) is 0 Å². The molecule has 0 spiro atoms. The second-order valence-corrected chi connectivity index (χ2v) is 17.1. The molecule has 0 fully saturated rings. The van der Waals surface area contributed by atoms with Crippen LogP contribution in [-0.2, 0) is 32.7 Å². The van der Waals surface area contributed by atoms with Crippen molar-refractivity contribution in [3.63, 3.8) is 0 Å². The molecule has 0 radical (unpaired) electrons. The van der Waals surface area contributed by atoms with Crippen molar-refractivity contribution in [3.05, 3.63) is 24.3 Å². The topological polar surface area (TPSA) is 111 Å². The molecular formula is C43H82NO8P. The van der Waals surface area contributed by atoms with Gasteiger partial charge in [0.05, 0.1) is 27.7 Å². The first-order valence-corrected chi connectivity index (χ1v) is 23.0. The standard InChI is InChI=1S/C43H82NO8P/c1-6-8-10-12-14-16-18-20-21-22-24-26-28-30-32-34-36-43(46)52-41(40-51-53(47,48)50-38-37-44(3,4)5)39-49-42(45)35-33-31-29-27-25-23-19-17-15-13-11-9-7-2/h17,19,21-22,41H,6-16,18,20,23-40H2,1-5H3/b19-17-,22-21-/t41-/m1/s1. The smallest absolute Gasteiger partial charge is 0.306 e. The molecule has 53 heavy (non-hydrogen) atoms. The van der Waals surface area contributed by atoms with Gasteiger partial charge < -0.3 is 27.9 Å². The fourth-order valence-electron chi connectivity index (χ4n) is 5.76. The van der Waals surface area contributed by atoms with Crippen LogP contribution in [0.1, 0.15) is 187 Å². The average Bonchev–Trinajstić information content (AvgIpc) is 3.10. The van der Waals surface area contributed by atoms with Gasteiger partial charge in [-0.25, -0.2) is 0 Å². The summed E-state index contributed by atoms with van der Waals surface area (Å²) < 4.78 is 33.8. The van der Waals surface area contributed by atoms with Gasteiger partial charge in [0.25, 0.3) is 7.82 Å². The van der Waals surface area contributed by atoms with E-state index in [9.17, 15) is 19.0 Å². The Morgan fingerprint density at radius 2 is 0.962 bits per heavy atom. The third kappa shape index (κ3) is 40.0. The highest BCUT2D eigenvalue weighted by Crippen LogP contribution is 2.38. The molecular weight excluding hydrogens is 689 g/mol. The maximum atomic E-state index is 12.6. The summed E-state index contributed by atoms with van der Waals surface area (Å²) in [7, 11) is 1.16. The molecule has 0 aliphatic heterocycles. The van der Waals surface area contributed by atoms with Crippen LogP contribution in [0.5, 0.6) is 0 Å². The van der Waals surface area contributed by atoms with E-state index in [1.807, 2.05) is 21.1 Å². The van der Waals surface area contributed by atoms with E-state index in [1.54, 1.807) is 0 Å². The van der Waals surface area contributed by atoms with E-state index in [1.165, 1.54) is 83.5 Å². The first-order valence-electron chi connectivity index (χ1n) is 21.5. The normalized spacial score (nSPS) is 13.8.